The van der Waals surface area contributed by atoms with Gasteiger partial charge in [-0.15, -0.1) is 0 Å². The van der Waals surface area contributed by atoms with Crippen LogP contribution >= 0.6 is 0 Å². The monoisotopic (exact) mass is 338 g/mol. The van der Waals surface area contributed by atoms with Crippen molar-refractivity contribution in [1.29, 1.82) is 0 Å². The van der Waals surface area contributed by atoms with Gasteiger partial charge in [-0.1, -0.05) is 0 Å². The van der Waals surface area contributed by atoms with Crippen LogP contribution in [0.2, 0.25) is 10.9 Å². The van der Waals surface area contributed by atoms with E-state index in [0.717, 1.165) is 10.9 Å². The molecule has 0 unspecified atom stereocenters. The first-order valence-corrected chi connectivity index (χ1v) is 10.3. The summed E-state index contributed by atoms with van der Waals surface area (Å²) < 4.78 is 3.11. The molecule has 0 saturated carbocycles. The van der Waals surface area contributed by atoms with Gasteiger partial charge in [0.15, 0.2) is 0 Å². The molecule has 0 spiro atoms. The van der Waals surface area contributed by atoms with Crippen molar-refractivity contribution in [2.75, 3.05) is 0 Å². The van der Waals surface area contributed by atoms with E-state index in [1.165, 1.54) is 0 Å². The van der Waals surface area contributed by atoms with Crippen LogP contribution in [0.5, 0.6) is 0 Å². The first kappa shape index (κ1) is 10.9. The van der Waals surface area contributed by atoms with Crippen LogP contribution in [0.1, 0.15) is 41.5 Å². The molecule has 0 N–H and O–H groups in total. The Kier molecular flexibility index (Phi) is 5.11. The van der Waals surface area contributed by atoms with Crippen LogP contribution < -0.4 is 0 Å². The molecule has 0 fully saturated rings. The summed E-state index contributed by atoms with van der Waals surface area (Å²) in [7, 11) is 0. The van der Waals surface area contributed by atoms with E-state index >= 15 is 0 Å². The van der Waals surface area contributed by atoms with Gasteiger partial charge in [-0.3, -0.25) is 0 Å². The van der Waals surface area contributed by atoms with Crippen molar-refractivity contribution in [2.24, 2.45) is 0 Å². The van der Waals surface area contributed by atoms with Crippen molar-refractivity contribution in [3.05, 3.63) is 0 Å². The molecule has 0 radical (unpaired) electrons. The summed E-state index contributed by atoms with van der Waals surface area (Å²) in [6.45, 7) is 14.5. The molecule has 0 saturated heterocycles. The second kappa shape index (κ2) is 4.70. The van der Waals surface area contributed by atoms with Gasteiger partial charge in [0, 0.05) is 0 Å². The number of rotatable bonds is 3. The van der Waals surface area contributed by atoms with Gasteiger partial charge < -0.3 is 0 Å². The van der Waals surface area contributed by atoms with E-state index in [0.29, 0.717) is 0 Å². The van der Waals surface area contributed by atoms with Crippen molar-refractivity contribution in [3.8, 4) is 0 Å². The zero-order valence-corrected chi connectivity index (χ0v) is 11.7. The quantitative estimate of drug-likeness (QED) is 0.688. The summed E-state index contributed by atoms with van der Waals surface area (Å²) in [5, 5.41) is 0. The third-order valence-corrected chi connectivity index (χ3v) is 15.7. The van der Waals surface area contributed by atoms with Crippen LogP contribution in [0.3, 0.4) is 0 Å². The van der Waals surface area contributed by atoms with Crippen molar-refractivity contribution in [2.45, 2.75) is 52.4 Å². The third-order valence-electron chi connectivity index (χ3n) is 1.79. The van der Waals surface area contributed by atoms with Gasteiger partial charge in [-0.25, -0.2) is 0 Å². The molecule has 0 rings (SSSR count). The van der Waals surface area contributed by atoms with Crippen molar-refractivity contribution in [3.63, 3.8) is 0 Å². The topological polar surface area (TPSA) is 0 Å². The van der Waals surface area contributed by atoms with Crippen molar-refractivity contribution < 1.29 is 0 Å². The van der Waals surface area contributed by atoms with Crippen LogP contribution in [-0.4, -0.2) is 21.8 Å². The Morgan fingerprint density at radius 1 is 0.600 bits per heavy atom. The van der Waals surface area contributed by atoms with E-state index in [9.17, 15) is 0 Å². The Bertz CT molecular complexity index is 65.7. The fourth-order valence-electron chi connectivity index (χ4n) is 1.79. The van der Waals surface area contributed by atoms with E-state index in [4.69, 9.17) is 0 Å². The van der Waals surface area contributed by atoms with Gasteiger partial charge in [-0.05, 0) is 0 Å². The fourth-order valence-corrected chi connectivity index (χ4v) is 15.7. The molecule has 0 aromatic heterocycles. The predicted octanol–water partition coefficient (Wildman–Crippen LogP) is 3.71. The zero-order valence-electron chi connectivity index (χ0n) is 8.18. The van der Waals surface area contributed by atoms with Crippen LogP contribution in [0.25, 0.3) is 0 Å². The van der Waals surface area contributed by atoms with Gasteiger partial charge in [0.2, 0.25) is 0 Å². The Morgan fingerprint density at radius 2 is 0.800 bits per heavy atom. The van der Waals surface area contributed by atoms with Gasteiger partial charge in [0.25, 0.3) is 0 Å². The Hall–Kier alpha value is 0.883. The number of hydrogen-bond acceptors (Lipinski definition) is 0. The van der Waals surface area contributed by atoms with Crippen LogP contribution in [0.4, 0.5) is 0 Å². The van der Waals surface area contributed by atoms with Crippen molar-refractivity contribution in [1.82, 2.24) is 0 Å². The molecule has 10 heavy (non-hydrogen) atoms. The molecule has 0 atom stereocenters. The van der Waals surface area contributed by atoms with Crippen molar-refractivity contribution >= 4 is 21.8 Å². The molecule has 0 aliphatic rings. The molecular weight excluding hydrogens is 317 g/mol. The van der Waals surface area contributed by atoms with Gasteiger partial charge >= 0.3 is 74.2 Å². The minimum absolute atomic E-state index is 1.04. The summed E-state index contributed by atoms with van der Waals surface area (Å²) in [6.07, 6.45) is 0. The SMILES string of the molecule is C[CH](C)[Bi]([CH](C)C)[CH](C)C. The summed E-state index contributed by atoms with van der Waals surface area (Å²) >= 11 is -1.08. The van der Waals surface area contributed by atoms with E-state index in [2.05, 4.69) is 41.5 Å². The van der Waals surface area contributed by atoms with E-state index in [-0.39, 0.29) is 0 Å². The van der Waals surface area contributed by atoms with Crippen LogP contribution in [0.15, 0.2) is 0 Å². The molecular formula is C9H21Bi. The van der Waals surface area contributed by atoms with Gasteiger partial charge in [0.05, 0.1) is 0 Å². The van der Waals surface area contributed by atoms with Crippen LogP contribution in [0, 0.1) is 0 Å². The Labute approximate surface area is 74.1 Å². The second-order valence-electron chi connectivity index (χ2n) is 3.73. The molecule has 1 heteroatoms. The fraction of sp³-hybridized carbons (Fsp3) is 1.00. The summed E-state index contributed by atoms with van der Waals surface area (Å²) in [5.74, 6) is 0. The molecule has 0 aliphatic carbocycles. The number of hydrogen-bond donors (Lipinski definition) is 0. The Balaban J connectivity index is 3.98. The summed E-state index contributed by atoms with van der Waals surface area (Å²) in [4.78, 5) is 0. The van der Waals surface area contributed by atoms with Gasteiger partial charge in [-0.2, -0.15) is 0 Å². The molecule has 0 bridgehead atoms. The van der Waals surface area contributed by atoms with E-state index in [1.54, 1.807) is 0 Å². The molecule has 0 aromatic rings. The maximum atomic E-state index is 2.41. The molecule has 0 nitrogen and oxygen atoms in total. The molecule has 0 amide bonds. The summed E-state index contributed by atoms with van der Waals surface area (Å²) in [5.41, 5.74) is 0. The zero-order chi connectivity index (χ0) is 8.31. The molecule has 0 heterocycles. The molecule has 62 valence electrons. The standard InChI is InChI=1S/3C3H7.Bi/c3*1-3-2;/h3*3H,1-2H3;. The van der Waals surface area contributed by atoms with Crippen LogP contribution in [-0.2, 0) is 0 Å². The molecule has 0 aliphatic heterocycles. The van der Waals surface area contributed by atoms with E-state index in [1.807, 2.05) is 0 Å². The maximum absolute atomic E-state index is 2.41. The summed E-state index contributed by atoms with van der Waals surface area (Å²) in [6, 6.07) is 0. The predicted molar refractivity (Wildman–Crippen MR) is 51.0 cm³/mol. The first-order valence-electron chi connectivity index (χ1n) is 4.24. The second-order valence-corrected chi connectivity index (χ2v) is 19.3. The molecule has 0 aromatic carbocycles. The Morgan fingerprint density at radius 3 is 0.800 bits per heavy atom. The minimum atomic E-state index is -1.08. The third kappa shape index (κ3) is 3.33. The average Bonchev–Trinajstić information content (AvgIpc) is 1.59. The van der Waals surface area contributed by atoms with Gasteiger partial charge in [0.1, 0.15) is 0 Å². The first-order chi connectivity index (χ1) is 4.46. The average molecular weight is 338 g/mol. The van der Waals surface area contributed by atoms with E-state index < -0.39 is 21.8 Å². The normalized spacial score (nSPS) is 12.6.